The SMILES string of the molecule is CCC(=O)C1(C)COCC1N. The van der Waals surface area contributed by atoms with E-state index in [1.54, 1.807) is 0 Å². The molecule has 0 aliphatic carbocycles. The van der Waals surface area contributed by atoms with Crippen LogP contribution >= 0.6 is 0 Å². The van der Waals surface area contributed by atoms with Gasteiger partial charge in [0.2, 0.25) is 0 Å². The predicted octanol–water partition coefficient (Wildman–Crippen LogP) is 0.329. The number of ether oxygens (including phenoxy) is 1. The molecule has 2 N–H and O–H groups in total. The highest BCUT2D eigenvalue weighted by Crippen LogP contribution is 2.28. The second kappa shape index (κ2) is 2.91. The summed E-state index contributed by atoms with van der Waals surface area (Å²) < 4.78 is 5.15. The number of nitrogens with two attached hydrogens (primary N) is 1. The molecule has 0 spiro atoms. The third kappa shape index (κ3) is 1.30. The van der Waals surface area contributed by atoms with Crippen molar-refractivity contribution in [1.82, 2.24) is 0 Å². The average Bonchev–Trinajstić information content (AvgIpc) is 2.32. The molecule has 3 nitrogen and oxygen atoms in total. The molecule has 0 amide bonds. The Morgan fingerprint density at radius 3 is 2.82 bits per heavy atom. The lowest BCUT2D eigenvalue weighted by Gasteiger charge is -2.24. The maximum atomic E-state index is 11.4. The molecule has 0 aromatic heterocycles. The predicted molar refractivity (Wildman–Crippen MR) is 42.2 cm³/mol. The number of hydrogen-bond donors (Lipinski definition) is 1. The molecule has 0 radical (unpaired) electrons. The van der Waals surface area contributed by atoms with E-state index in [0.717, 1.165) is 0 Å². The molecule has 2 unspecified atom stereocenters. The van der Waals surface area contributed by atoms with Gasteiger partial charge in [0.15, 0.2) is 0 Å². The Hall–Kier alpha value is -0.410. The van der Waals surface area contributed by atoms with Gasteiger partial charge in [-0.3, -0.25) is 4.79 Å². The van der Waals surface area contributed by atoms with Crippen LogP contribution in [0.25, 0.3) is 0 Å². The number of Topliss-reactive ketones (excluding diaryl/α,β-unsaturated/α-hetero) is 1. The molecular formula is C8H15NO2. The van der Waals surface area contributed by atoms with E-state index < -0.39 is 5.41 Å². The second-order valence-corrected chi connectivity index (χ2v) is 3.32. The number of rotatable bonds is 2. The standard InChI is InChI=1S/C8H15NO2/c1-3-7(10)8(2)5-11-4-6(8)9/h6H,3-5,9H2,1-2H3. The van der Waals surface area contributed by atoms with Crippen molar-refractivity contribution in [2.75, 3.05) is 13.2 Å². The molecule has 1 heterocycles. The van der Waals surface area contributed by atoms with Crippen LogP contribution in [-0.2, 0) is 9.53 Å². The van der Waals surface area contributed by atoms with E-state index in [0.29, 0.717) is 19.6 Å². The van der Waals surface area contributed by atoms with Crippen molar-refractivity contribution in [3.05, 3.63) is 0 Å². The third-order valence-corrected chi connectivity index (χ3v) is 2.48. The van der Waals surface area contributed by atoms with Crippen LogP contribution < -0.4 is 5.73 Å². The van der Waals surface area contributed by atoms with E-state index in [1.165, 1.54) is 0 Å². The highest BCUT2D eigenvalue weighted by atomic mass is 16.5. The zero-order valence-electron chi connectivity index (χ0n) is 7.09. The molecule has 3 heteroatoms. The molecule has 1 saturated heterocycles. The lowest BCUT2D eigenvalue weighted by atomic mass is 9.80. The summed E-state index contributed by atoms with van der Waals surface area (Å²) in [4.78, 5) is 11.4. The molecule has 64 valence electrons. The molecule has 1 aliphatic heterocycles. The van der Waals surface area contributed by atoms with E-state index >= 15 is 0 Å². The van der Waals surface area contributed by atoms with Gasteiger partial charge in [0.05, 0.1) is 18.6 Å². The van der Waals surface area contributed by atoms with Gasteiger partial charge < -0.3 is 10.5 Å². The van der Waals surface area contributed by atoms with Crippen LogP contribution in [0.15, 0.2) is 0 Å². The molecule has 1 rings (SSSR count). The summed E-state index contributed by atoms with van der Waals surface area (Å²) in [5.41, 5.74) is 5.32. The van der Waals surface area contributed by atoms with E-state index in [4.69, 9.17) is 10.5 Å². The first-order valence-electron chi connectivity index (χ1n) is 3.98. The Labute approximate surface area is 66.9 Å². The maximum absolute atomic E-state index is 11.4. The van der Waals surface area contributed by atoms with Crippen LogP contribution in [0.4, 0.5) is 0 Å². The highest BCUT2D eigenvalue weighted by molar-refractivity contribution is 5.85. The highest BCUT2D eigenvalue weighted by Gasteiger charge is 2.42. The topological polar surface area (TPSA) is 52.3 Å². The molecule has 2 atom stereocenters. The normalized spacial score (nSPS) is 37.5. The Balaban J connectivity index is 2.72. The van der Waals surface area contributed by atoms with Crippen LogP contribution in [0, 0.1) is 5.41 Å². The van der Waals surface area contributed by atoms with Gasteiger partial charge in [-0.05, 0) is 6.92 Å². The first-order chi connectivity index (χ1) is 5.11. The van der Waals surface area contributed by atoms with Crippen molar-refractivity contribution in [2.45, 2.75) is 26.3 Å². The van der Waals surface area contributed by atoms with E-state index in [2.05, 4.69) is 0 Å². The van der Waals surface area contributed by atoms with Crippen molar-refractivity contribution < 1.29 is 9.53 Å². The lowest BCUT2D eigenvalue weighted by molar-refractivity contribution is -0.128. The van der Waals surface area contributed by atoms with Crippen LogP contribution in [0.2, 0.25) is 0 Å². The number of ketones is 1. The van der Waals surface area contributed by atoms with E-state index in [1.807, 2.05) is 13.8 Å². The van der Waals surface area contributed by atoms with Crippen molar-refractivity contribution in [3.8, 4) is 0 Å². The van der Waals surface area contributed by atoms with Crippen LogP contribution in [0.1, 0.15) is 20.3 Å². The number of hydrogen-bond acceptors (Lipinski definition) is 3. The molecule has 0 bridgehead atoms. The summed E-state index contributed by atoms with van der Waals surface area (Å²) >= 11 is 0. The third-order valence-electron chi connectivity index (χ3n) is 2.48. The van der Waals surface area contributed by atoms with Crippen molar-refractivity contribution in [2.24, 2.45) is 11.1 Å². The van der Waals surface area contributed by atoms with Gasteiger partial charge in [0.1, 0.15) is 5.78 Å². The lowest BCUT2D eigenvalue weighted by Crippen LogP contribution is -2.44. The van der Waals surface area contributed by atoms with E-state index in [9.17, 15) is 4.79 Å². The molecule has 0 aromatic carbocycles. The molecule has 11 heavy (non-hydrogen) atoms. The summed E-state index contributed by atoms with van der Waals surface area (Å²) in [6, 6.07) is -0.116. The monoisotopic (exact) mass is 157 g/mol. The minimum atomic E-state index is -0.422. The van der Waals surface area contributed by atoms with Crippen molar-refractivity contribution >= 4 is 5.78 Å². The van der Waals surface area contributed by atoms with Crippen molar-refractivity contribution in [1.29, 1.82) is 0 Å². The zero-order chi connectivity index (χ0) is 8.48. The van der Waals surface area contributed by atoms with Gasteiger partial charge in [-0.25, -0.2) is 0 Å². The fourth-order valence-electron chi connectivity index (χ4n) is 1.38. The van der Waals surface area contributed by atoms with Gasteiger partial charge in [0.25, 0.3) is 0 Å². The molecular weight excluding hydrogens is 142 g/mol. The minimum absolute atomic E-state index is 0.116. The molecule has 1 aliphatic rings. The van der Waals surface area contributed by atoms with Crippen LogP contribution in [-0.4, -0.2) is 25.0 Å². The zero-order valence-corrected chi connectivity index (χ0v) is 7.09. The van der Waals surface area contributed by atoms with Crippen LogP contribution in [0.3, 0.4) is 0 Å². The summed E-state index contributed by atoms with van der Waals surface area (Å²) in [6.45, 7) is 4.75. The van der Waals surface area contributed by atoms with E-state index in [-0.39, 0.29) is 11.8 Å². The summed E-state index contributed by atoms with van der Waals surface area (Å²) in [5, 5.41) is 0. The van der Waals surface area contributed by atoms with Crippen molar-refractivity contribution in [3.63, 3.8) is 0 Å². The Kier molecular flexibility index (Phi) is 2.30. The fraction of sp³-hybridized carbons (Fsp3) is 0.875. The smallest absolute Gasteiger partial charge is 0.142 e. The van der Waals surface area contributed by atoms with Gasteiger partial charge in [-0.2, -0.15) is 0 Å². The Bertz CT molecular complexity index is 169. The first kappa shape index (κ1) is 8.68. The maximum Gasteiger partial charge on any atom is 0.142 e. The average molecular weight is 157 g/mol. The second-order valence-electron chi connectivity index (χ2n) is 3.32. The summed E-state index contributed by atoms with van der Waals surface area (Å²) in [7, 11) is 0. The van der Waals surface area contributed by atoms with Gasteiger partial charge in [-0.1, -0.05) is 6.92 Å². The first-order valence-corrected chi connectivity index (χ1v) is 3.98. The van der Waals surface area contributed by atoms with Gasteiger partial charge >= 0.3 is 0 Å². The quantitative estimate of drug-likeness (QED) is 0.628. The van der Waals surface area contributed by atoms with Gasteiger partial charge in [-0.15, -0.1) is 0 Å². The molecule has 0 saturated carbocycles. The summed E-state index contributed by atoms with van der Waals surface area (Å²) in [5.74, 6) is 0.211. The van der Waals surface area contributed by atoms with Gasteiger partial charge in [0, 0.05) is 12.5 Å². The number of carbonyl (C=O) groups excluding carboxylic acids is 1. The largest absolute Gasteiger partial charge is 0.379 e. The summed E-state index contributed by atoms with van der Waals surface area (Å²) in [6.07, 6.45) is 0.549. The Morgan fingerprint density at radius 1 is 1.82 bits per heavy atom. The van der Waals surface area contributed by atoms with Crippen LogP contribution in [0.5, 0.6) is 0 Å². The Morgan fingerprint density at radius 2 is 2.45 bits per heavy atom. The molecule has 1 fully saturated rings. The minimum Gasteiger partial charge on any atom is -0.379 e. The fourth-order valence-corrected chi connectivity index (χ4v) is 1.38. The number of carbonyl (C=O) groups is 1. The molecule has 0 aromatic rings.